The molecule has 3 aliphatic carbocycles. The van der Waals surface area contributed by atoms with Crippen molar-refractivity contribution in [1.29, 1.82) is 0 Å². The van der Waals surface area contributed by atoms with E-state index in [1.165, 1.54) is 27.8 Å². The average molecular weight is 357 g/mol. The summed E-state index contributed by atoms with van der Waals surface area (Å²) < 4.78 is 0. The van der Waals surface area contributed by atoms with E-state index in [2.05, 4.69) is 88.5 Å². The highest BCUT2D eigenvalue weighted by Gasteiger charge is 2.35. The Morgan fingerprint density at radius 2 is 1.81 bits per heavy atom. The Kier molecular flexibility index (Phi) is 4.44. The minimum atomic E-state index is -0.463. The third-order valence-electron chi connectivity index (χ3n) is 6.12. The minimum Gasteiger partial charge on any atom is -0.0631 e. The molecule has 0 saturated carbocycles. The molecule has 2 unspecified atom stereocenters. The van der Waals surface area contributed by atoms with Gasteiger partial charge in [-0.25, -0.2) is 0 Å². The van der Waals surface area contributed by atoms with Crippen LogP contribution < -0.4 is 0 Å². The molecule has 0 nitrogen and oxygen atoms in total. The van der Waals surface area contributed by atoms with E-state index in [0.717, 1.165) is 6.42 Å². The van der Waals surface area contributed by atoms with Crippen LogP contribution in [0, 0.1) is 5.92 Å². The molecular weight excluding hydrogens is 328 g/mol. The van der Waals surface area contributed by atoms with Gasteiger partial charge in [0.1, 0.15) is 0 Å². The first-order valence-corrected chi connectivity index (χ1v) is 12.3. The van der Waals surface area contributed by atoms with Crippen molar-refractivity contribution in [2.75, 3.05) is 0 Å². The van der Waals surface area contributed by atoms with Crippen LogP contribution in [0.1, 0.15) is 44.2 Å². The third kappa shape index (κ3) is 2.61. The second-order valence-electron chi connectivity index (χ2n) is 7.96. The maximum Gasteiger partial charge on any atom is 0.0311 e. The number of benzene rings is 1. The van der Waals surface area contributed by atoms with Crippen LogP contribution >= 0.6 is 0 Å². The molecule has 1 aromatic rings. The molecule has 0 N–H and O–H groups in total. The largest absolute Gasteiger partial charge is 0.0631 e. The Labute approximate surface area is 159 Å². The molecule has 4 rings (SSSR count). The molecular formula is C25H28Si. The van der Waals surface area contributed by atoms with Crippen molar-refractivity contribution in [3.8, 4) is 0 Å². The summed E-state index contributed by atoms with van der Waals surface area (Å²) in [5.74, 6) is 0.934. The van der Waals surface area contributed by atoms with E-state index in [1.54, 1.807) is 16.3 Å². The molecule has 2 atom stereocenters. The normalized spacial score (nSPS) is 24.0. The van der Waals surface area contributed by atoms with E-state index >= 15 is 0 Å². The lowest BCUT2D eigenvalue weighted by Crippen LogP contribution is -2.20. The molecule has 0 radical (unpaired) electrons. The number of rotatable bonds is 2. The van der Waals surface area contributed by atoms with Crippen LogP contribution in [0.4, 0.5) is 0 Å². The van der Waals surface area contributed by atoms with Crippen LogP contribution in [0.15, 0.2) is 76.4 Å². The zero-order chi connectivity index (χ0) is 18.4. The van der Waals surface area contributed by atoms with Gasteiger partial charge < -0.3 is 0 Å². The maximum absolute atomic E-state index is 2.46. The monoisotopic (exact) mass is 356 g/mol. The number of allylic oxidation sites excluding steroid dienone is 9. The van der Waals surface area contributed by atoms with E-state index < -0.39 is 8.41 Å². The molecule has 0 amide bonds. The fourth-order valence-corrected chi connectivity index (χ4v) is 6.38. The lowest BCUT2D eigenvalue weighted by molar-refractivity contribution is 0.869. The molecule has 0 fully saturated rings. The lowest BCUT2D eigenvalue weighted by atomic mass is 9.80. The second kappa shape index (κ2) is 6.63. The summed E-state index contributed by atoms with van der Waals surface area (Å²) >= 11 is 0. The molecule has 3 aliphatic rings. The number of fused-ring (bicyclic) bond motifs is 2. The standard InChI is InChI=1S/C25H28Si/c1-6-18-15-20-11-9-13-22(26(4)5)17(3)24(20)25(18)23-16(2)14-19-10-7-8-12-21(19)23/h7-15,17,23H,6H2,1-5H3. The van der Waals surface area contributed by atoms with Crippen molar-refractivity contribution in [3.05, 3.63) is 87.6 Å². The van der Waals surface area contributed by atoms with Crippen LogP contribution in [0.3, 0.4) is 0 Å². The predicted molar refractivity (Wildman–Crippen MR) is 117 cm³/mol. The van der Waals surface area contributed by atoms with Gasteiger partial charge in [0.05, 0.1) is 0 Å². The van der Waals surface area contributed by atoms with Gasteiger partial charge in [-0.2, -0.15) is 0 Å². The summed E-state index contributed by atoms with van der Waals surface area (Å²) in [6.45, 7) is 11.9. The maximum atomic E-state index is 2.46. The summed E-state index contributed by atoms with van der Waals surface area (Å²) in [4.78, 5) is 0. The average Bonchev–Trinajstić information content (AvgIpc) is 3.08. The van der Waals surface area contributed by atoms with E-state index in [0.29, 0.717) is 11.8 Å². The Morgan fingerprint density at radius 3 is 2.54 bits per heavy atom. The second-order valence-corrected chi connectivity index (χ2v) is 10.5. The highest BCUT2D eigenvalue weighted by molar-refractivity contribution is 6.71. The Hall–Kier alpha value is -1.99. The SMILES string of the molecule is CCC1=CC2=CC=CC(=[Si](C)C)C(C)C2=C1C1C(C)=Cc2ccccc21. The van der Waals surface area contributed by atoms with Crippen molar-refractivity contribution < 1.29 is 0 Å². The molecule has 0 spiro atoms. The highest BCUT2D eigenvalue weighted by Crippen LogP contribution is 2.50. The molecule has 132 valence electrons. The smallest absolute Gasteiger partial charge is 0.0311 e. The summed E-state index contributed by atoms with van der Waals surface area (Å²) in [5, 5.41) is 1.65. The van der Waals surface area contributed by atoms with Gasteiger partial charge in [-0.1, -0.05) is 92.3 Å². The summed E-state index contributed by atoms with van der Waals surface area (Å²) in [6.07, 6.45) is 13.0. The van der Waals surface area contributed by atoms with E-state index in [1.807, 2.05) is 0 Å². The molecule has 0 bridgehead atoms. The molecule has 1 aromatic carbocycles. The molecule has 0 aromatic heterocycles. The van der Waals surface area contributed by atoms with Gasteiger partial charge in [0.15, 0.2) is 0 Å². The molecule has 0 aliphatic heterocycles. The van der Waals surface area contributed by atoms with E-state index in [-0.39, 0.29) is 0 Å². The highest BCUT2D eigenvalue weighted by atomic mass is 28.2. The van der Waals surface area contributed by atoms with Crippen molar-refractivity contribution in [1.82, 2.24) is 0 Å². The van der Waals surface area contributed by atoms with Crippen molar-refractivity contribution in [3.63, 3.8) is 0 Å². The Bertz CT molecular complexity index is 956. The van der Waals surface area contributed by atoms with Crippen molar-refractivity contribution in [2.45, 2.75) is 46.2 Å². The van der Waals surface area contributed by atoms with Crippen LogP contribution in [-0.4, -0.2) is 13.6 Å². The first-order chi connectivity index (χ1) is 12.5. The summed E-state index contributed by atoms with van der Waals surface area (Å²) in [7, 11) is -0.463. The minimum absolute atomic E-state index is 0.421. The molecule has 1 heteroatoms. The Morgan fingerprint density at radius 1 is 1.04 bits per heavy atom. The van der Waals surface area contributed by atoms with Gasteiger partial charge in [-0.05, 0) is 46.8 Å². The van der Waals surface area contributed by atoms with Crippen LogP contribution in [-0.2, 0) is 0 Å². The first kappa shape index (κ1) is 17.4. The topological polar surface area (TPSA) is 0 Å². The van der Waals surface area contributed by atoms with Gasteiger partial charge in [0, 0.05) is 20.2 Å². The van der Waals surface area contributed by atoms with Crippen molar-refractivity contribution in [2.24, 2.45) is 5.92 Å². The first-order valence-electron chi connectivity index (χ1n) is 9.81. The van der Waals surface area contributed by atoms with Crippen LogP contribution in [0.2, 0.25) is 13.1 Å². The number of hydrogen-bond acceptors (Lipinski definition) is 0. The zero-order valence-corrected chi connectivity index (χ0v) is 17.6. The quantitative estimate of drug-likeness (QED) is 0.532. The van der Waals surface area contributed by atoms with Gasteiger partial charge in [0.25, 0.3) is 0 Å². The lowest BCUT2D eigenvalue weighted by Gasteiger charge is -2.25. The molecule has 0 heterocycles. The fraction of sp³-hybridized carbons (Fsp3) is 0.320. The van der Waals surface area contributed by atoms with Gasteiger partial charge in [0.2, 0.25) is 0 Å². The van der Waals surface area contributed by atoms with E-state index in [4.69, 9.17) is 0 Å². The van der Waals surface area contributed by atoms with Gasteiger partial charge in [-0.3, -0.25) is 0 Å². The van der Waals surface area contributed by atoms with Crippen LogP contribution in [0.5, 0.6) is 0 Å². The predicted octanol–water partition coefficient (Wildman–Crippen LogP) is 6.47. The van der Waals surface area contributed by atoms with Gasteiger partial charge >= 0.3 is 0 Å². The zero-order valence-electron chi connectivity index (χ0n) is 16.6. The molecule has 0 saturated heterocycles. The molecule has 26 heavy (non-hydrogen) atoms. The van der Waals surface area contributed by atoms with E-state index in [9.17, 15) is 0 Å². The number of hydrogen-bond donors (Lipinski definition) is 0. The third-order valence-corrected chi connectivity index (χ3v) is 7.87. The Balaban J connectivity index is 1.96. The van der Waals surface area contributed by atoms with Crippen LogP contribution in [0.25, 0.3) is 6.08 Å². The van der Waals surface area contributed by atoms with Gasteiger partial charge in [-0.15, -0.1) is 0 Å². The summed E-state index contributed by atoms with van der Waals surface area (Å²) in [6, 6.07) is 8.94. The summed E-state index contributed by atoms with van der Waals surface area (Å²) in [5.41, 5.74) is 10.5. The fourth-order valence-electron chi connectivity index (χ4n) is 4.94. The van der Waals surface area contributed by atoms with Crippen molar-refractivity contribution >= 4 is 19.7 Å².